The van der Waals surface area contributed by atoms with E-state index in [9.17, 15) is 39.4 Å². The normalized spacial score (nSPS) is 16.5. The average Bonchev–Trinajstić information content (AvgIpc) is 2.96. The first-order chi connectivity index (χ1) is 20.0. The van der Waals surface area contributed by atoms with E-state index in [0.717, 1.165) is 4.90 Å². The van der Waals surface area contributed by atoms with E-state index in [1.54, 1.807) is 6.07 Å². The van der Waals surface area contributed by atoms with Crippen molar-refractivity contribution in [3.05, 3.63) is 79.9 Å². The molecule has 3 atom stereocenters. The summed E-state index contributed by atoms with van der Waals surface area (Å²) in [6, 6.07) is 10.8. The highest BCUT2D eigenvalue weighted by Crippen LogP contribution is 2.35. The molecular formula is C26H27ClN4O11. The minimum absolute atomic E-state index is 0.0148. The number of β-lactam (4-membered cyclic amide) rings is 1. The molecule has 2 aromatic carbocycles. The zero-order valence-electron chi connectivity index (χ0n) is 22.3. The van der Waals surface area contributed by atoms with Crippen molar-refractivity contribution in [2.45, 2.75) is 44.5 Å². The van der Waals surface area contributed by atoms with Crippen LogP contribution in [0.4, 0.5) is 16.2 Å². The van der Waals surface area contributed by atoms with Crippen molar-refractivity contribution in [2.24, 2.45) is 5.92 Å². The molecule has 1 heterocycles. The van der Waals surface area contributed by atoms with Crippen molar-refractivity contribution >= 4 is 46.9 Å². The first kappa shape index (κ1) is 31.7. The maximum Gasteiger partial charge on any atom is 0.407 e. The monoisotopic (exact) mass is 606 g/mol. The van der Waals surface area contributed by atoms with Crippen LogP contribution in [0.15, 0.2) is 48.5 Å². The Morgan fingerprint density at radius 3 is 2.02 bits per heavy atom. The predicted octanol–water partition coefficient (Wildman–Crippen LogP) is 3.21. The number of halogens is 1. The number of likely N-dealkylation sites (tertiary alicyclic amines) is 1. The summed E-state index contributed by atoms with van der Waals surface area (Å²) in [7, 11) is 0. The third-order valence-corrected chi connectivity index (χ3v) is 6.77. The number of amides is 2. The van der Waals surface area contributed by atoms with Crippen LogP contribution in [0.25, 0.3) is 0 Å². The summed E-state index contributed by atoms with van der Waals surface area (Å²) >= 11 is 6.27. The number of nitrogens with one attached hydrogen (secondary N) is 1. The Hall–Kier alpha value is -4.79. The quantitative estimate of drug-likeness (QED) is 0.0630. The maximum absolute atomic E-state index is 12.9. The fraction of sp³-hybridized carbons (Fsp3) is 0.385. The maximum atomic E-state index is 12.9. The highest BCUT2D eigenvalue weighted by Gasteiger charge is 2.51. The van der Waals surface area contributed by atoms with Crippen molar-refractivity contribution in [3.8, 4) is 0 Å². The van der Waals surface area contributed by atoms with Crippen LogP contribution in [0.2, 0.25) is 0 Å². The number of hydrogen-bond acceptors (Lipinski definition) is 11. The summed E-state index contributed by atoms with van der Waals surface area (Å²) in [4.78, 5) is 71.1. The predicted molar refractivity (Wildman–Crippen MR) is 144 cm³/mol. The lowest BCUT2D eigenvalue weighted by molar-refractivity contribution is -0.386. The molecule has 3 unspecified atom stereocenters. The molecule has 16 heteroatoms. The van der Waals surface area contributed by atoms with Crippen LogP contribution in [-0.4, -0.2) is 63.4 Å². The molecule has 42 heavy (non-hydrogen) atoms. The van der Waals surface area contributed by atoms with Crippen molar-refractivity contribution < 1.29 is 43.2 Å². The Labute approximate surface area is 243 Å². The second kappa shape index (κ2) is 14.7. The van der Waals surface area contributed by atoms with Gasteiger partial charge in [-0.05, 0) is 18.6 Å². The average molecular weight is 607 g/mol. The van der Waals surface area contributed by atoms with Crippen molar-refractivity contribution in [1.82, 2.24) is 10.2 Å². The van der Waals surface area contributed by atoms with Crippen LogP contribution in [0.1, 0.15) is 30.9 Å². The molecule has 0 aromatic heterocycles. The number of nitrogens with zero attached hydrogens (tertiary/aromatic N) is 3. The number of carbonyl (C=O) groups is 4. The molecule has 0 radical (unpaired) electrons. The molecule has 0 bridgehead atoms. The van der Waals surface area contributed by atoms with Crippen LogP contribution in [0, 0.1) is 26.1 Å². The van der Waals surface area contributed by atoms with Gasteiger partial charge < -0.3 is 24.4 Å². The largest absolute Gasteiger partial charge is 0.466 e. The van der Waals surface area contributed by atoms with Gasteiger partial charge in [-0.15, -0.1) is 0 Å². The Kier molecular flexibility index (Phi) is 11.1. The molecule has 1 N–H and O–H groups in total. The number of rotatable bonds is 14. The van der Waals surface area contributed by atoms with E-state index < -0.39 is 57.9 Å². The number of hydrogen-bond donors (Lipinski definition) is 1. The van der Waals surface area contributed by atoms with Crippen molar-refractivity contribution in [3.63, 3.8) is 0 Å². The number of alkyl carbamates (subject to hydrolysis) is 1. The third kappa shape index (κ3) is 8.13. The highest BCUT2D eigenvalue weighted by molar-refractivity contribution is 6.30. The SMILES string of the molecule is CC(=O)OCCC1C(CCNC(=O)OCc2ccccc2[N+](=O)[O-])C(=O)N1C(Cl)C(=O)OCc1ccccc1[N+](=O)[O-]. The van der Waals surface area contributed by atoms with Crippen LogP contribution < -0.4 is 5.32 Å². The number of ether oxygens (including phenoxy) is 3. The first-order valence-corrected chi connectivity index (χ1v) is 13.1. The molecule has 1 saturated heterocycles. The topological polar surface area (TPSA) is 198 Å². The summed E-state index contributed by atoms with van der Waals surface area (Å²) in [5.74, 6) is -2.75. The van der Waals surface area contributed by atoms with E-state index in [0.29, 0.717) is 0 Å². The molecular weight excluding hydrogens is 580 g/mol. The minimum Gasteiger partial charge on any atom is -0.466 e. The minimum atomic E-state index is -1.56. The van der Waals surface area contributed by atoms with E-state index in [4.69, 9.17) is 25.8 Å². The van der Waals surface area contributed by atoms with Gasteiger partial charge in [0.15, 0.2) is 0 Å². The van der Waals surface area contributed by atoms with Crippen molar-refractivity contribution in [1.29, 1.82) is 0 Å². The van der Waals surface area contributed by atoms with Gasteiger partial charge in [-0.1, -0.05) is 35.9 Å². The number of para-hydroxylation sites is 2. The second-order valence-corrected chi connectivity index (χ2v) is 9.47. The summed E-state index contributed by atoms with van der Waals surface area (Å²) < 4.78 is 15.2. The standard InChI is InChI=1S/C26H27ClN4O11/c1-16(32)40-13-11-22-19(10-12-28-26(35)42-15-18-7-3-5-9-21(18)31(38)39)24(33)29(22)23(27)25(34)41-14-17-6-2-4-8-20(17)30(36)37/h2-9,19,22-23H,10-15H2,1H3,(H,28,35). The lowest BCUT2D eigenvalue weighted by atomic mass is 9.82. The van der Waals surface area contributed by atoms with Gasteiger partial charge in [0.05, 0.1) is 33.5 Å². The van der Waals surface area contributed by atoms with Gasteiger partial charge in [0.1, 0.15) is 13.2 Å². The van der Waals surface area contributed by atoms with Gasteiger partial charge in [-0.25, -0.2) is 9.59 Å². The van der Waals surface area contributed by atoms with E-state index in [2.05, 4.69) is 5.32 Å². The third-order valence-electron chi connectivity index (χ3n) is 6.38. The summed E-state index contributed by atoms with van der Waals surface area (Å²) in [5, 5.41) is 24.8. The van der Waals surface area contributed by atoms with Gasteiger partial charge in [0, 0.05) is 38.1 Å². The summed E-state index contributed by atoms with van der Waals surface area (Å²) in [5.41, 5.74) is -1.66. The Balaban J connectivity index is 1.56. The highest BCUT2D eigenvalue weighted by atomic mass is 35.5. The number of nitro benzene ring substituents is 2. The molecule has 1 aliphatic rings. The number of alkyl halides is 1. The van der Waals surface area contributed by atoms with Gasteiger partial charge in [-0.2, -0.15) is 0 Å². The van der Waals surface area contributed by atoms with Gasteiger partial charge in [0.2, 0.25) is 11.4 Å². The molecule has 0 aliphatic carbocycles. The number of carbonyl (C=O) groups excluding carboxylic acids is 4. The van der Waals surface area contributed by atoms with Crippen LogP contribution in [0.5, 0.6) is 0 Å². The first-order valence-electron chi connectivity index (χ1n) is 12.6. The van der Waals surface area contributed by atoms with Crippen LogP contribution in [-0.2, 0) is 41.8 Å². The molecule has 1 aliphatic heterocycles. The van der Waals surface area contributed by atoms with E-state index in [-0.39, 0.29) is 55.1 Å². The summed E-state index contributed by atoms with van der Waals surface area (Å²) in [6.45, 7) is 0.345. The molecule has 15 nitrogen and oxygen atoms in total. The van der Waals surface area contributed by atoms with Crippen LogP contribution in [0.3, 0.4) is 0 Å². The molecule has 224 valence electrons. The number of esters is 2. The fourth-order valence-corrected chi connectivity index (χ4v) is 4.67. The van der Waals surface area contributed by atoms with Crippen molar-refractivity contribution in [2.75, 3.05) is 13.2 Å². The van der Waals surface area contributed by atoms with E-state index in [1.807, 2.05) is 0 Å². The molecule has 3 rings (SSSR count). The Morgan fingerprint density at radius 2 is 1.48 bits per heavy atom. The molecule has 0 saturated carbocycles. The Morgan fingerprint density at radius 1 is 0.929 bits per heavy atom. The lowest BCUT2D eigenvalue weighted by Crippen LogP contribution is -2.65. The number of nitro groups is 2. The lowest BCUT2D eigenvalue weighted by Gasteiger charge is -2.48. The van der Waals surface area contributed by atoms with E-state index >= 15 is 0 Å². The summed E-state index contributed by atoms with van der Waals surface area (Å²) in [6.07, 6.45) is -0.601. The zero-order valence-corrected chi connectivity index (χ0v) is 23.1. The van der Waals surface area contributed by atoms with E-state index in [1.165, 1.54) is 49.4 Å². The van der Waals surface area contributed by atoms with Gasteiger partial charge in [0.25, 0.3) is 11.4 Å². The molecule has 2 aromatic rings. The molecule has 0 spiro atoms. The van der Waals surface area contributed by atoms with Gasteiger partial charge in [-0.3, -0.25) is 29.8 Å². The molecule has 2 amide bonds. The second-order valence-electron chi connectivity index (χ2n) is 9.05. The Bertz CT molecular complexity index is 1360. The smallest absolute Gasteiger partial charge is 0.407 e. The van der Waals surface area contributed by atoms with Gasteiger partial charge >= 0.3 is 18.0 Å². The number of benzene rings is 2. The molecule has 1 fully saturated rings. The fourth-order valence-electron chi connectivity index (χ4n) is 4.37. The van der Waals surface area contributed by atoms with Crippen LogP contribution >= 0.6 is 11.6 Å². The zero-order chi connectivity index (χ0) is 30.8.